The molecule has 1 unspecified atom stereocenters. The molecule has 0 amide bonds. The Morgan fingerprint density at radius 2 is 1.71 bits per heavy atom. The molecule has 0 heterocycles. The summed E-state index contributed by atoms with van der Waals surface area (Å²) in [7, 11) is 0. The van der Waals surface area contributed by atoms with Crippen molar-refractivity contribution in [3.05, 3.63) is 65.7 Å². The molecule has 112 valence electrons. The number of benzene rings is 2. The maximum atomic E-state index is 11.6. The molecule has 0 aromatic heterocycles. The van der Waals surface area contributed by atoms with E-state index in [2.05, 4.69) is 12.2 Å². The van der Waals surface area contributed by atoms with Crippen molar-refractivity contribution in [3.63, 3.8) is 0 Å². The molecule has 1 N–H and O–H groups in total. The lowest BCUT2D eigenvalue weighted by Crippen LogP contribution is -2.08. The van der Waals surface area contributed by atoms with Gasteiger partial charge >= 0.3 is 5.97 Å². The molecule has 0 aliphatic rings. The van der Waals surface area contributed by atoms with Gasteiger partial charge in [0.1, 0.15) is 0 Å². The van der Waals surface area contributed by atoms with E-state index in [9.17, 15) is 4.79 Å². The first-order chi connectivity index (χ1) is 9.70. The van der Waals surface area contributed by atoms with Gasteiger partial charge in [0.05, 0.1) is 12.2 Å². The van der Waals surface area contributed by atoms with E-state index in [-0.39, 0.29) is 24.4 Å². The quantitative estimate of drug-likeness (QED) is 0.829. The van der Waals surface area contributed by atoms with Gasteiger partial charge in [-0.2, -0.15) is 0 Å². The summed E-state index contributed by atoms with van der Waals surface area (Å²) in [6.45, 7) is 4.29. The summed E-state index contributed by atoms with van der Waals surface area (Å²) < 4.78 is 4.97. The highest BCUT2D eigenvalue weighted by molar-refractivity contribution is 5.89. The Hall–Kier alpha value is -2.00. The maximum Gasteiger partial charge on any atom is 0.338 e. The predicted octanol–water partition coefficient (Wildman–Crippen LogP) is 4.46. The van der Waals surface area contributed by atoms with Gasteiger partial charge in [-0.3, -0.25) is 0 Å². The van der Waals surface area contributed by atoms with Crippen LogP contribution in [0.15, 0.2) is 54.6 Å². The van der Waals surface area contributed by atoms with Crippen LogP contribution in [0.5, 0.6) is 0 Å². The number of hydrogen-bond acceptors (Lipinski definition) is 3. The van der Waals surface area contributed by atoms with Gasteiger partial charge in [0, 0.05) is 11.7 Å². The number of halogens is 1. The molecule has 3 nitrogen and oxygen atoms in total. The van der Waals surface area contributed by atoms with Crippen LogP contribution in [-0.2, 0) is 4.74 Å². The number of hydrogen-bond donors (Lipinski definition) is 1. The van der Waals surface area contributed by atoms with E-state index in [4.69, 9.17) is 4.74 Å². The standard InChI is InChI=1S/C17H19NO2.ClH/c1-3-20-17(19)15-11-9-14(10-12-15)13(2)18-16-7-5-4-6-8-16;/h4-13,18H,3H2,1-2H3;1H. The highest BCUT2D eigenvalue weighted by Gasteiger charge is 2.09. The van der Waals surface area contributed by atoms with Crippen LogP contribution in [0.1, 0.15) is 35.8 Å². The Kier molecular flexibility index (Phi) is 6.76. The fourth-order valence-electron chi connectivity index (χ4n) is 1.99. The normalized spacial score (nSPS) is 11.1. The van der Waals surface area contributed by atoms with Crippen molar-refractivity contribution in [2.45, 2.75) is 19.9 Å². The molecule has 2 rings (SSSR count). The Labute approximate surface area is 131 Å². The van der Waals surface area contributed by atoms with Gasteiger partial charge in [-0.05, 0) is 43.7 Å². The van der Waals surface area contributed by atoms with Crippen LogP contribution >= 0.6 is 12.4 Å². The highest BCUT2D eigenvalue weighted by atomic mass is 35.5. The zero-order valence-corrected chi connectivity index (χ0v) is 13.0. The fourth-order valence-corrected chi connectivity index (χ4v) is 1.99. The van der Waals surface area contributed by atoms with E-state index < -0.39 is 0 Å². The molecule has 2 aromatic rings. The first-order valence-electron chi connectivity index (χ1n) is 6.79. The second kappa shape index (κ2) is 8.32. The maximum absolute atomic E-state index is 11.6. The zero-order chi connectivity index (χ0) is 14.4. The number of ether oxygens (including phenoxy) is 1. The van der Waals surface area contributed by atoms with Gasteiger partial charge in [-0.1, -0.05) is 30.3 Å². The van der Waals surface area contributed by atoms with Gasteiger partial charge in [0.25, 0.3) is 0 Å². The van der Waals surface area contributed by atoms with Crippen LogP contribution in [0, 0.1) is 0 Å². The largest absolute Gasteiger partial charge is 0.462 e. The molecule has 1 atom stereocenters. The lowest BCUT2D eigenvalue weighted by Gasteiger charge is -2.16. The summed E-state index contributed by atoms with van der Waals surface area (Å²) in [4.78, 5) is 11.6. The van der Waals surface area contributed by atoms with Crippen molar-refractivity contribution in [2.75, 3.05) is 11.9 Å². The number of esters is 1. The van der Waals surface area contributed by atoms with Crippen molar-refractivity contribution < 1.29 is 9.53 Å². The molecular formula is C17H20ClNO2. The number of carbonyl (C=O) groups is 1. The first kappa shape index (κ1) is 17.1. The predicted molar refractivity (Wildman–Crippen MR) is 88.1 cm³/mol. The molecule has 0 aliphatic carbocycles. The molecule has 21 heavy (non-hydrogen) atoms. The molecule has 0 saturated heterocycles. The minimum absolute atomic E-state index is 0. The van der Waals surface area contributed by atoms with Crippen LogP contribution in [-0.4, -0.2) is 12.6 Å². The Morgan fingerprint density at radius 3 is 2.29 bits per heavy atom. The topological polar surface area (TPSA) is 38.3 Å². The fraction of sp³-hybridized carbons (Fsp3) is 0.235. The summed E-state index contributed by atoms with van der Waals surface area (Å²) in [5, 5.41) is 3.42. The molecule has 0 aliphatic heterocycles. The lowest BCUT2D eigenvalue weighted by molar-refractivity contribution is 0.0526. The second-order valence-corrected chi connectivity index (χ2v) is 4.57. The third kappa shape index (κ3) is 4.80. The van der Waals surface area contributed by atoms with E-state index in [1.165, 1.54) is 0 Å². The number of nitrogens with one attached hydrogen (secondary N) is 1. The van der Waals surface area contributed by atoms with Crippen LogP contribution in [0.3, 0.4) is 0 Å². The lowest BCUT2D eigenvalue weighted by atomic mass is 10.1. The number of rotatable bonds is 5. The number of carbonyl (C=O) groups excluding carboxylic acids is 1. The van der Waals surface area contributed by atoms with Gasteiger partial charge in [0.15, 0.2) is 0 Å². The average molecular weight is 306 g/mol. The average Bonchev–Trinajstić information content (AvgIpc) is 2.48. The summed E-state index contributed by atoms with van der Waals surface area (Å²) in [6, 6.07) is 17.7. The second-order valence-electron chi connectivity index (χ2n) is 4.57. The smallest absolute Gasteiger partial charge is 0.338 e. The number of para-hydroxylation sites is 1. The third-order valence-corrected chi connectivity index (χ3v) is 3.08. The monoisotopic (exact) mass is 305 g/mol. The molecule has 0 bridgehead atoms. The molecular weight excluding hydrogens is 286 g/mol. The van der Waals surface area contributed by atoms with E-state index in [0.717, 1.165) is 11.3 Å². The van der Waals surface area contributed by atoms with E-state index in [0.29, 0.717) is 12.2 Å². The molecule has 0 fully saturated rings. The van der Waals surface area contributed by atoms with Crippen molar-refractivity contribution in [3.8, 4) is 0 Å². The number of anilines is 1. The van der Waals surface area contributed by atoms with E-state index >= 15 is 0 Å². The zero-order valence-electron chi connectivity index (χ0n) is 12.2. The Morgan fingerprint density at radius 1 is 1.10 bits per heavy atom. The van der Waals surface area contributed by atoms with E-state index in [1.54, 1.807) is 19.1 Å². The Balaban J connectivity index is 0.00000220. The van der Waals surface area contributed by atoms with Crippen LogP contribution < -0.4 is 5.32 Å². The SMILES string of the molecule is CCOC(=O)c1ccc(C(C)Nc2ccccc2)cc1.Cl. The molecule has 4 heteroatoms. The molecule has 0 spiro atoms. The summed E-state index contributed by atoms with van der Waals surface area (Å²) in [6.07, 6.45) is 0. The Bertz CT molecular complexity index is 555. The first-order valence-corrected chi connectivity index (χ1v) is 6.79. The molecule has 0 radical (unpaired) electrons. The van der Waals surface area contributed by atoms with Crippen LogP contribution in [0.2, 0.25) is 0 Å². The molecule has 2 aromatic carbocycles. The van der Waals surface area contributed by atoms with Crippen molar-refractivity contribution >= 4 is 24.1 Å². The summed E-state index contributed by atoms with van der Waals surface area (Å²) in [5.41, 5.74) is 2.79. The van der Waals surface area contributed by atoms with Crippen molar-refractivity contribution in [1.29, 1.82) is 0 Å². The van der Waals surface area contributed by atoms with Crippen LogP contribution in [0.4, 0.5) is 5.69 Å². The van der Waals surface area contributed by atoms with Crippen LogP contribution in [0.25, 0.3) is 0 Å². The minimum atomic E-state index is -0.275. The van der Waals surface area contributed by atoms with Crippen molar-refractivity contribution in [1.82, 2.24) is 0 Å². The van der Waals surface area contributed by atoms with Crippen molar-refractivity contribution in [2.24, 2.45) is 0 Å². The highest BCUT2D eigenvalue weighted by Crippen LogP contribution is 2.19. The van der Waals surface area contributed by atoms with Gasteiger partial charge in [-0.15, -0.1) is 12.4 Å². The summed E-state index contributed by atoms with van der Waals surface area (Å²) in [5.74, 6) is -0.275. The minimum Gasteiger partial charge on any atom is -0.462 e. The van der Waals surface area contributed by atoms with E-state index in [1.807, 2.05) is 42.5 Å². The third-order valence-electron chi connectivity index (χ3n) is 3.08. The molecule has 0 saturated carbocycles. The summed E-state index contributed by atoms with van der Waals surface area (Å²) >= 11 is 0. The van der Waals surface area contributed by atoms with Gasteiger partial charge < -0.3 is 10.1 Å². The van der Waals surface area contributed by atoms with Gasteiger partial charge in [0.2, 0.25) is 0 Å². The van der Waals surface area contributed by atoms with Gasteiger partial charge in [-0.25, -0.2) is 4.79 Å².